The molecular weight excluding hydrogens is 232 g/mol. The summed E-state index contributed by atoms with van der Waals surface area (Å²) in [6, 6.07) is 0. The minimum atomic E-state index is 0.407. The Morgan fingerprint density at radius 1 is 1.16 bits per heavy atom. The van der Waals surface area contributed by atoms with Crippen LogP contribution in [0.2, 0.25) is 0 Å². The van der Waals surface area contributed by atoms with E-state index in [1.54, 1.807) is 0 Å². The lowest BCUT2D eigenvalue weighted by Crippen LogP contribution is -2.57. The van der Waals surface area contributed by atoms with Crippen molar-refractivity contribution in [3.8, 4) is 0 Å². The van der Waals surface area contributed by atoms with Gasteiger partial charge < -0.3 is 5.73 Å². The van der Waals surface area contributed by atoms with E-state index >= 15 is 0 Å². The molecule has 0 aromatic carbocycles. The van der Waals surface area contributed by atoms with Gasteiger partial charge in [0.05, 0.1) is 0 Å². The lowest BCUT2D eigenvalue weighted by Gasteiger charge is -2.46. The topological polar surface area (TPSA) is 29.3 Å². The van der Waals surface area contributed by atoms with Crippen molar-refractivity contribution >= 4 is 0 Å². The normalized spacial score (nSPS) is 43.6. The molecule has 0 aromatic heterocycles. The summed E-state index contributed by atoms with van der Waals surface area (Å²) in [6.07, 6.45) is 12.9. The first-order valence-electron chi connectivity index (χ1n) is 8.73. The maximum absolute atomic E-state index is 6.29. The Morgan fingerprint density at radius 3 is 2.68 bits per heavy atom. The number of nitrogens with two attached hydrogens (primary N) is 1. The molecule has 0 spiro atoms. The van der Waals surface area contributed by atoms with Gasteiger partial charge in [-0.3, -0.25) is 4.90 Å². The first-order valence-corrected chi connectivity index (χ1v) is 8.73. The monoisotopic (exact) mass is 264 g/mol. The van der Waals surface area contributed by atoms with Gasteiger partial charge in [-0.1, -0.05) is 26.2 Å². The second-order valence-corrected chi connectivity index (χ2v) is 7.46. The minimum absolute atomic E-state index is 0.407. The Hall–Kier alpha value is -0.0800. The molecule has 0 amide bonds. The first-order chi connectivity index (χ1) is 9.28. The Morgan fingerprint density at radius 2 is 2.05 bits per heavy atom. The second kappa shape index (κ2) is 5.73. The Kier molecular flexibility index (Phi) is 4.19. The highest BCUT2D eigenvalue weighted by molar-refractivity contribution is 5.08. The van der Waals surface area contributed by atoms with Crippen molar-refractivity contribution in [3.63, 3.8) is 0 Å². The van der Waals surface area contributed by atoms with Crippen molar-refractivity contribution in [2.75, 3.05) is 19.6 Å². The predicted octanol–water partition coefficient (Wildman–Crippen LogP) is 3.41. The van der Waals surface area contributed by atoms with E-state index < -0.39 is 0 Å². The summed E-state index contributed by atoms with van der Waals surface area (Å²) < 4.78 is 0. The maximum Gasteiger partial charge on any atom is 0.0362 e. The molecule has 2 aliphatic carbocycles. The third kappa shape index (κ3) is 2.47. The quantitative estimate of drug-likeness (QED) is 0.843. The van der Waals surface area contributed by atoms with Crippen LogP contribution in [-0.4, -0.2) is 30.1 Å². The molecule has 1 heterocycles. The molecule has 3 fully saturated rings. The molecule has 2 bridgehead atoms. The van der Waals surface area contributed by atoms with Crippen molar-refractivity contribution in [2.45, 2.75) is 70.3 Å². The van der Waals surface area contributed by atoms with Crippen LogP contribution in [0.4, 0.5) is 0 Å². The number of hydrogen-bond donors (Lipinski definition) is 1. The average Bonchev–Trinajstić information content (AvgIpc) is 2.95. The van der Waals surface area contributed by atoms with Crippen LogP contribution in [-0.2, 0) is 0 Å². The Labute approximate surface area is 119 Å². The lowest BCUT2D eigenvalue weighted by atomic mass is 9.79. The summed E-state index contributed by atoms with van der Waals surface area (Å²) in [7, 11) is 0. The number of rotatable bonds is 4. The molecular formula is C17H32N2. The van der Waals surface area contributed by atoms with Crippen LogP contribution < -0.4 is 5.73 Å². The Balaban J connectivity index is 1.67. The van der Waals surface area contributed by atoms with E-state index in [-0.39, 0.29) is 0 Å². The molecule has 3 aliphatic rings. The molecule has 19 heavy (non-hydrogen) atoms. The lowest BCUT2D eigenvalue weighted by molar-refractivity contribution is 0.0435. The molecule has 3 rings (SSSR count). The molecule has 2 saturated carbocycles. The number of fused-ring (bicyclic) bond motifs is 2. The van der Waals surface area contributed by atoms with Gasteiger partial charge in [-0.05, 0) is 69.4 Å². The molecule has 1 saturated heterocycles. The zero-order valence-electron chi connectivity index (χ0n) is 12.7. The zero-order chi connectivity index (χ0) is 13.3. The van der Waals surface area contributed by atoms with Gasteiger partial charge >= 0.3 is 0 Å². The smallest absolute Gasteiger partial charge is 0.0362 e. The number of nitrogens with zero attached hydrogens (tertiary/aromatic N) is 1. The van der Waals surface area contributed by atoms with Crippen LogP contribution >= 0.6 is 0 Å². The molecule has 0 aromatic rings. The molecule has 2 heteroatoms. The highest BCUT2D eigenvalue weighted by Gasteiger charge is 2.53. The third-order valence-electron chi connectivity index (χ3n) is 6.47. The van der Waals surface area contributed by atoms with Crippen molar-refractivity contribution in [1.82, 2.24) is 4.90 Å². The minimum Gasteiger partial charge on any atom is -0.329 e. The number of likely N-dealkylation sites (tertiary alicyclic amines) is 1. The number of hydrogen-bond acceptors (Lipinski definition) is 2. The maximum atomic E-state index is 6.29. The van der Waals surface area contributed by atoms with Crippen LogP contribution in [0.3, 0.4) is 0 Å². The van der Waals surface area contributed by atoms with Crippen molar-refractivity contribution < 1.29 is 0 Å². The SMILES string of the molecule is CCCC1CCCN(C2(CN)CC3CCC2C3)CC1. The summed E-state index contributed by atoms with van der Waals surface area (Å²) >= 11 is 0. The molecule has 2 nitrogen and oxygen atoms in total. The van der Waals surface area contributed by atoms with E-state index in [0.717, 1.165) is 24.3 Å². The molecule has 0 radical (unpaired) electrons. The molecule has 4 atom stereocenters. The molecule has 1 aliphatic heterocycles. The molecule has 2 N–H and O–H groups in total. The van der Waals surface area contributed by atoms with Gasteiger partial charge in [0.15, 0.2) is 0 Å². The largest absolute Gasteiger partial charge is 0.329 e. The third-order valence-corrected chi connectivity index (χ3v) is 6.47. The summed E-state index contributed by atoms with van der Waals surface area (Å²) in [5.41, 5.74) is 6.70. The van der Waals surface area contributed by atoms with Gasteiger partial charge in [0.25, 0.3) is 0 Å². The summed E-state index contributed by atoms with van der Waals surface area (Å²) in [6.45, 7) is 5.89. The predicted molar refractivity (Wildman–Crippen MR) is 81.1 cm³/mol. The summed E-state index contributed by atoms with van der Waals surface area (Å²) in [5.74, 6) is 2.91. The van der Waals surface area contributed by atoms with Gasteiger partial charge in [0.2, 0.25) is 0 Å². The zero-order valence-corrected chi connectivity index (χ0v) is 12.7. The highest BCUT2D eigenvalue weighted by atomic mass is 15.2. The van der Waals surface area contributed by atoms with Gasteiger partial charge in [0.1, 0.15) is 0 Å². The fourth-order valence-corrected chi connectivity index (χ4v) is 5.49. The Bertz CT molecular complexity index is 304. The highest BCUT2D eigenvalue weighted by Crippen LogP contribution is 2.53. The molecule has 4 unspecified atom stereocenters. The summed E-state index contributed by atoms with van der Waals surface area (Å²) in [5, 5.41) is 0. The van der Waals surface area contributed by atoms with Crippen molar-refractivity contribution in [1.29, 1.82) is 0 Å². The van der Waals surface area contributed by atoms with Crippen LogP contribution in [0.1, 0.15) is 64.7 Å². The van der Waals surface area contributed by atoms with Crippen molar-refractivity contribution in [3.05, 3.63) is 0 Å². The van der Waals surface area contributed by atoms with E-state index in [0.29, 0.717) is 5.54 Å². The molecule has 110 valence electrons. The van der Waals surface area contributed by atoms with Crippen LogP contribution in [0, 0.1) is 17.8 Å². The van der Waals surface area contributed by atoms with Gasteiger partial charge in [-0.15, -0.1) is 0 Å². The van der Waals surface area contributed by atoms with Gasteiger partial charge in [-0.2, -0.15) is 0 Å². The van der Waals surface area contributed by atoms with Crippen LogP contribution in [0.25, 0.3) is 0 Å². The standard InChI is InChI=1S/C17H32N2/c1-2-4-14-5-3-9-19(10-8-14)17(13-18)12-15-6-7-16(17)11-15/h14-16H,2-13,18H2,1H3. The first kappa shape index (κ1) is 13.9. The van der Waals surface area contributed by atoms with E-state index in [9.17, 15) is 0 Å². The van der Waals surface area contributed by atoms with E-state index in [1.807, 2.05) is 0 Å². The fraction of sp³-hybridized carbons (Fsp3) is 1.00. The van der Waals surface area contributed by atoms with E-state index in [2.05, 4.69) is 11.8 Å². The average molecular weight is 264 g/mol. The van der Waals surface area contributed by atoms with E-state index in [4.69, 9.17) is 5.73 Å². The van der Waals surface area contributed by atoms with Gasteiger partial charge in [-0.25, -0.2) is 0 Å². The van der Waals surface area contributed by atoms with Crippen molar-refractivity contribution in [2.24, 2.45) is 23.5 Å². The van der Waals surface area contributed by atoms with E-state index in [1.165, 1.54) is 70.9 Å². The summed E-state index contributed by atoms with van der Waals surface area (Å²) in [4.78, 5) is 2.84. The van der Waals surface area contributed by atoms with Crippen LogP contribution in [0.15, 0.2) is 0 Å². The second-order valence-electron chi connectivity index (χ2n) is 7.46. The van der Waals surface area contributed by atoms with Gasteiger partial charge in [0, 0.05) is 12.1 Å². The van der Waals surface area contributed by atoms with Crippen LogP contribution in [0.5, 0.6) is 0 Å². The fourth-order valence-electron chi connectivity index (χ4n) is 5.49.